The lowest BCUT2D eigenvalue weighted by Gasteiger charge is -2.10. The van der Waals surface area contributed by atoms with Crippen molar-refractivity contribution in [3.05, 3.63) is 56.6 Å². The van der Waals surface area contributed by atoms with E-state index in [0.29, 0.717) is 16.5 Å². The van der Waals surface area contributed by atoms with Gasteiger partial charge < -0.3 is 0 Å². The lowest BCUT2D eigenvalue weighted by molar-refractivity contribution is 0.626. The van der Waals surface area contributed by atoms with Crippen LogP contribution in [0, 0.1) is 9.39 Å². The quantitative estimate of drug-likeness (QED) is 0.413. The maximum atomic E-state index is 13.5. The minimum atomic E-state index is -0.350. The number of halogens is 4. The second kappa shape index (κ2) is 5.50. The molecule has 0 fully saturated rings. The van der Waals surface area contributed by atoms with Gasteiger partial charge in [-0.25, -0.2) is 9.37 Å². The van der Waals surface area contributed by atoms with E-state index in [-0.39, 0.29) is 11.7 Å². The highest BCUT2D eigenvalue weighted by Gasteiger charge is 2.15. The molecule has 6 heteroatoms. The van der Waals surface area contributed by atoms with E-state index in [1.807, 2.05) is 18.2 Å². The first-order valence-corrected chi connectivity index (χ1v) is 7.77. The monoisotopic (exact) mass is 420 g/mol. The van der Waals surface area contributed by atoms with Crippen molar-refractivity contribution in [1.82, 2.24) is 9.55 Å². The van der Waals surface area contributed by atoms with Crippen molar-refractivity contribution < 1.29 is 4.39 Å². The van der Waals surface area contributed by atoms with Crippen molar-refractivity contribution in [3.8, 4) is 5.69 Å². The van der Waals surface area contributed by atoms with E-state index in [4.69, 9.17) is 23.2 Å². The van der Waals surface area contributed by atoms with Gasteiger partial charge in [-0.2, -0.15) is 0 Å². The van der Waals surface area contributed by atoms with Crippen LogP contribution in [0.15, 0.2) is 36.4 Å². The standard InChI is InChI=1S/C14H8Cl2FIN2/c15-7-14-19-11-6-9(18)2-4-12(11)20(14)13-5-8(17)1-3-10(13)16/h1-6H,7H2. The van der Waals surface area contributed by atoms with Crippen LogP contribution in [0.3, 0.4) is 0 Å². The molecule has 0 bridgehead atoms. The summed E-state index contributed by atoms with van der Waals surface area (Å²) in [5, 5.41) is 0.454. The molecular weight excluding hydrogens is 413 g/mol. The first-order chi connectivity index (χ1) is 9.60. The van der Waals surface area contributed by atoms with Gasteiger partial charge in [0.05, 0.1) is 27.6 Å². The second-order valence-corrected chi connectivity index (χ2v) is 6.15. The minimum Gasteiger partial charge on any atom is -0.294 e. The van der Waals surface area contributed by atoms with Gasteiger partial charge in [0.25, 0.3) is 0 Å². The molecule has 0 aliphatic carbocycles. The Balaban J connectivity index is 2.37. The van der Waals surface area contributed by atoms with E-state index in [1.165, 1.54) is 18.2 Å². The fraction of sp³-hybridized carbons (Fsp3) is 0.0714. The summed E-state index contributed by atoms with van der Waals surface area (Å²) in [7, 11) is 0. The zero-order valence-corrected chi connectivity index (χ0v) is 13.7. The van der Waals surface area contributed by atoms with Gasteiger partial charge in [0.1, 0.15) is 11.6 Å². The Morgan fingerprint density at radius 3 is 2.75 bits per heavy atom. The highest BCUT2D eigenvalue weighted by atomic mass is 127. The summed E-state index contributed by atoms with van der Waals surface area (Å²) in [6, 6.07) is 10.1. The van der Waals surface area contributed by atoms with Crippen LogP contribution in [-0.2, 0) is 5.88 Å². The molecule has 0 N–H and O–H groups in total. The van der Waals surface area contributed by atoms with Gasteiger partial charge in [0.2, 0.25) is 0 Å². The Kier molecular flexibility index (Phi) is 3.88. The van der Waals surface area contributed by atoms with Crippen LogP contribution >= 0.6 is 45.8 Å². The van der Waals surface area contributed by atoms with Crippen molar-refractivity contribution in [1.29, 1.82) is 0 Å². The molecule has 0 saturated carbocycles. The zero-order valence-electron chi connectivity index (χ0n) is 10.1. The molecule has 0 amide bonds. The van der Waals surface area contributed by atoms with E-state index >= 15 is 0 Å². The van der Waals surface area contributed by atoms with Gasteiger partial charge in [-0.15, -0.1) is 11.6 Å². The number of rotatable bonds is 2. The Labute approximate surface area is 138 Å². The van der Waals surface area contributed by atoms with Crippen LogP contribution in [0.4, 0.5) is 4.39 Å². The summed E-state index contributed by atoms with van der Waals surface area (Å²) in [4.78, 5) is 4.48. The SMILES string of the molecule is Fc1ccc(Cl)c(-n2c(CCl)nc3cc(I)ccc32)c1. The van der Waals surface area contributed by atoms with Crippen molar-refractivity contribution in [2.24, 2.45) is 0 Å². The molecule has 102 valence electrons. The number of alkyl halides is 1. The van der Waals surface area contributed by atoms with Gasteiger partial charge >= 0.3 is 0 Å². The summed E-state index contributed by atoms with van der Waals surface area (Å²) in [6.45, 7) is 0. The van der Waals surface area contributed by atoms with E-state index in [2.05, 4.69) is 27.6 Å². The molecule has 0 aliphatic heterocycles. The van der Waals surface area contributed by atoms with Gasteiger partial charge in [-0.05, 0) is 59.0 Å². The normalized spacial score (nSPS) is 11.2. The van der Waals surface area contributed by atoms with Crippen LogP contribution in [0.2, 0.25) is 5.02 Å². The van der Waals surface area contributed by atoms with Gasteiger partial charge in [0.15, 0.2) is 0 Å². The molecule has 1 heterocycles. The van der Waals surface area contributed by atoms with Crippen molar-refractivity contribution in [3.63, 3.8) is 0 Å². The number of benzene rings is 2. The van der Waals surface area contributed by atoms with E-state index in [0.717, 1.165) is 14.6 Å². The minimum absolute atomic E-state index is 0.220. The summed E-state index contributed by atoms with van der Waals surface area (Å²) >= 11 is 14.4. The highest BCUT2D eigenvalue weighted by molar-refractivity contribution is 14.1. The molecular formula is C14H8Cl2FIN2. The molecule has 3 aromatic rings. The first kappa shape index (κ1) is 14.1. The molecule has 0 saturated heterocycles. The summed E-state index contributed by atoms with van der Waals surface area (Å²) in [6.07, 6.45) is 0. The van der Waals surface area contributed by atoms with Gasteiger partial charge in [-0.1, -0.05) is 11.6 Å². The molecule has 0 spiro atoms. The zero-order chi connectivity index (χ0) is 14.3. The number of imidazole rings is 1. The first-order valence-electron chi connectivity index (χ1n) is 5.78. The molecule has 0 radical (unpaired) electrons. The second-order valence-electron chi connectivity index (χ2n) is 4.23. The number of hydrogen-bond donors (Lipinski definition) is 0. The lowest BCUT2D eigenvalue weighted by atomic mass is 10.2. The third-order valence-corrected chi connectivity index (χ3v) is 4.18. The third-order valence-electron chi connectivity index (χ3n) is 2.95. The van der Waals surface area contributed by atoms with Crippen LogP contribution in [0.25, 0.3) is 16.7 Å². The fourth-order valence-electron chi connectivity index (χ4n) is 2.12. The van der Waals surface area contributed by atoms with E-state index < -0.39 is 0 Å². The topological polar surface area (TPSA) is 17.8 Å². The van der Waals surface area contributed by atoms with Crippen LogP contribution in [0.5, 0.6) is 0 Å². The Morgan fingerprint density at radius 2 is 2.00 bits per heavy atom. The summed E-state index contributed by atoms with van der Waals surface area (Å²) < 4.78 is 16.4. The fourth-order valence-corrected chi connectivity index (χ4v) is 2.98. The van der Waals surface area contributed by atoms with Crippen molar-refractivity contribution in [2.75, 3.05) is 0 Å². The molecule has 0 atom stereocenters. The van der Waals surface area contributed by atoms with Crippen LogP contribution < -0.4 is 0 Å². The predicted molar refractivity (Wildman–Crippen MR) is 88.3 cm³/mol. The largest absolute Gasteiger partial charge is 0.294 e. The molecule has 0 unspecified atom stereocenters. The van der Waals surface area contributed by atoms with Crippen LogP contribution in [-0.4, -0.2) is 9.55 Å². The Bertz CT molecular complexity index is 801. The van der Waals surface area contributed by atoms with E-state index in [9.17, 15) is 4.39 Å². The number of aromatic nitrogens is 2. The molecule has 0 aliphatic rings. The van der Waals surface area contributed by atoms with E-state index in [1.54, 1.807) is 4.57 Å². The Morgan fingerprint density at radius 1 is 1.20 bits per heavy atom. The molecule has 2 aromatic carbocycles. The smallest absolute Gasteiger partial charge is 0.129 e. The van der Waals surface area contributed by atoms with Crippen LogP contribution in [0.1, 0.15) is 5.82 Å². The Hall–Kier alpha value is -0.850. The van der Waals surface area contributed by atoms with Crippen molar-refractivity contribution >= 4 is 56.8 Å². The molecule has 1 aromatic heterocycles. The maximum absolute atomic E-state index is 13.5. The molecule has 20 heavy (non-hydrogen) atoms. The molecule has 3 rings (SSSR count). The number of fused-ring (bicyclic) bond motifs is 1. The lowest BCUT2D eigenvalue weighted by Crippen LogP contribution is -2.00. The summed E-state index contributed by atoms with van der Waals surface area (Å²) in [5.41, 5.74) is 2.22. The molecule has 2 nitrogen and oxygen atoms in total. The highest BCUT2D eigenvalue weighted by Crippen LogP contribution is 2.29. The number of nitrogens with zero attached hydrogens (tertiary/aromatic N) is 2. The van der Waals surface area contributed by atoms with Gasteiger partial charge in [0, 0.05) is 3.57 Å². The van der Waals surface area contributed by atoms with Gasteiger partial charge in [-0.3, -0.25) is 4.57 Å². The summed E-state index contributed by atoms with van der Waals surface area (Å²) in [5.74, 6) is 0.506. The third kappa shape index (κ3) is 2.40. The maximum Gasteiger partial charge on any atom is 0.129 e. The average Bonchev–Trinajstić information content (AvgIpc) is 2.78. The van der Waals surface area contributed by atoms with Crippen molar-refractivity contribution in [2.45, 2.75) is 5.88 Å². The number of hydrogen-bond acceptors (Lipinski definition) is 1. The predicted octanol–water partition coefficient (Wildman–Crippen LogP) is 5.16. The average molecular weight is 421 g/mol.